The van der Waals surface area contributed by atoms with Crippen molar-refractivity contribution in [3.63, 3.8) is 0 Å². The largest absolute Gasteiger partial charge is 0.381 e. The molecular formula is C13H17N5O2. The molecule has 0 saturated carbocycles. The highest BCUT2D eigenvalue weighted by Crippen LogP contribution is 2.33. The lowest BCUT2D eigenvalue weighted by atomic mass is 9.86. The van der Waals surface area contributed by atoms with Crippen molar-refractivity contribution in [2.45, 2.75) is 24.8 Å². The Morgan fingerprint density at radius 3 is 2.80 bits per heavy atom. The van der Waals surface area contributed by atoms with Crippen LogP contribution >= 0.6 is 0 Å². The predicted molar refractivity (Wildman–Crippen MR) is 72.1 cm³/mol. The summed E-state index contributed by atoms with van der Waals surface area (Å²) in [5, 5.41) is 9.07. The van der Waals surface area contributed by atoms with Crippen LogP contribution in [0.25, 0.3) is 0 Å². The van der Waals surface area contributed by atoms with Crippen LogP contribution in [0.3, 0.4) is 0 Å². The molecule has 0 bridgehead atoms. The topological polar surface area (TPSA) is 84.8 Å². The van der Waals surface area contributed by atoms with Crippen molar-refractivity contribution in [2.24, 2.45) is 0 Å². The van der Waals surface area contributed by atoms with Crippen molar-refractivity contribution in [3.8, 4) is 0 Å². The van der Waals surface area contributed by atoms with E-state index >= 15 is 0 Å². The van der Waals surface area contributed by atoms with Crippen LogP contribution in [0.4, 0.5) is 5.95 Å². The number of nitrogens with zero attached hydrogens (tertiary/aromatic N) is 3. The minimum atomic E-state index is -0.216. The summed E-state index contributed by atoms with van der Waals surface area (Å²) >= 11 is 0. The van der Waals surface area contributed by atoms with E-state index in [1.807, 2.05) is 24.5 Å². The number of aromatic nitrogens is 4. The molecule has 1 saturated heterocycles. The van der Waals surface area contributed by atoms with E-state index in [1.54, 1.807) is 0 Å². The molecule has 1 aliphatic heterocycles. The number of rotatable bonds is 4. The molecule has 2 aromatic heterocycles. The Labute approximate surface area is 116 Å². The van der Waals surface area contributed by atoms with Gasteiger partial charge in [-0.15, -0.1) is 0 Å². The maximum atomic E-state index is 12.2. The average molecular weight is 275 g/mol. The zero-order valence-electron chi connectivity index (χ0n) is 11.1. The molecule has 0 radical (unpaired) electrons. The van der Waals surface area contributed by atoms with Gasteiger partial charge in [0.15, 0.2) is 0 Å². The van der Waals surface area contributed by atoms with E-state index in [-0.39, 0.29) is 11.4 Å². The summed E-state index contributed by atoms with van der Waals surface area (Å²) in [6.07, 6.45) is 7.43. The predicted octanol–water partition coefficient (Wildman–Crippen LogP) is 1.14. The first-order valence-corrected chi connectivity index (χ1v) is 6.65. The first-order chi connectivity index (χ1) is 9.78. The lowest BCUT2D eigenvalue weighted by molar-refractivity contribution is -0.119. The molecule has 3 heterocycles. The molecule has 1 aliphatic rings. The normalized spacial score (nSPS) is 17.8. The van der Waals surface area contributed by atoms with Crippen LogP contribution in [0.15, 0.2) is 30.9 Å². The second-order valence-electron chi connectivity index (χ2n) is 4.99. The van der Waals surface area contributed by atoms with Crippen LogP contribution in [0.1, 0.15) is 19.3 Å². The highest BCUT2D eigenvalue weighted by molar-refractivity contribution is 5.89. The summed E-state index contributed by atoms with van der Waals surface area (Å²) in [7, 11) is 0. The summed E-state index contributed by atoms with van der Waals surface area (Å²) in [6, 6.07) is 3.96. The second-order valence-corrected chi connectivity index (χ2v) is 4.99. The molecule has 1 fully saturated rings. The van der Waals surface area contributed by atoms with Gasteiger partial charge in [-0.1, -0.05) is 0 Å². The molecule has 7 heteroatoms. The van der Waals surface area contributed by atoms with Gasteiger partial charge in [-0.3, -0.25) is 10.1 Å². The van der Waals surface area contributed by atoms with Crippen LogP contribution in [-0.2, 0) is 15.1 Å². The Balaban J connectivity index is 1.75. The molecule has 106 valence electrons. The molecule has 0 aromatic carbocycles. The summed E-state index contributed by atoms with van der Waals surface area (Å²) in [5.74, 6) is 0.307. The second kappa shape index (κ2) is 5.46. The van der Waals surface area contributed by atoms with Crippen LogP contribution in [0.5, 0.6) is 0 Å². The first-order valence-electron chi connectivity index (χ1n) is 6.65. The minimum Gasteiger partial charge on any atom is -0.381 e. The molecule has 1 amide bonds. The highest BCUT2D eigenvalue weighted by Gasteiger charge is 2.36. The van der Waals surface area contributed by atoms with Gasteiger partial charge in [0.1, 0.15) is 6.33 Å². The molecule has 2 N–H and O–H groups in total. The van der Waals surface area contributed by atoms with Gasteiger partial charge in [-0.25, -0.2) is 5.10 Å². The van der Waals surface area contributed by atoms with Gasteiger partial charge in [-0.2, -0.15) is 10.1 Å². The van der Waals surface area contributed by atoms with Crippen LogP contribution in [0.2, 0.25) is 0 Å². The molecule has 2 aromatic rings. The van der Waals surface area contributed by atoms with E-state index in [9.17, 15) is 4.79 Å². The third-order valence-electron chi connectivity index (χ3n) is 3.74. The van der Waals surface area contributed by atoms with Crippen LogP contribution in [0, 0.1) is 0 Å². The number of anilines is 1. The molecule has 7 nitrogen and oxygen atoms in total. The lowest BCUT2D eigenvalue weighted by Gasteiger charge is -2.38. The van der Waals surface area contributed by atoms with Gasteiger partial charge in [-0.05, 0) is 25.0 Å². The van der Waals surface area contributed by atoms with Gasteiger partial charge in [0.25, 0.3) is 0 Å². The number of hydrogen-bond donors (Lipinski definition) is 2. The monoisotopic (exact) mass is 275 g/mol. The van der Waals surface area contributed by atoms with Crippen molar-refractivity contribution in [2.75, 3.05) is 18.5 Å². The Morgan fingerprint density at radius 1 is 1.40 bits per heavy atom. The zero-order chi connectivity index (χ0) is 13.8. The quantitative estimate of drug-likeness (QED) is 0.876. The lowest BCUT2D eigenvalue weighted by Crippen LogP contribution is -2.42. The minimum absolute atomic E-state index is 0.0719. The molecule has 0 atom stereocenters. The van der Waals surface area contributed by atoms with E-state index in [0.29, 0.717) is 25.6 Å². The fraction of sp³-hybridized carbons (Fsp3) is 0.462. The number of ether oxygens (including phenoxy) is 1. The van der Waals surface area contributed by atoms with E-state index in [0.717, 1.165) is 12.8 Å². The highest BCUT2D eigenvalue weighted by atomic mass is 16.5. The first kappa shape index (κ1) is 12.9. The van der Waals surface area contributed by atoms with Crippen LogP contribution < -0.4 is 5.32 Å². The maximum Gasteiger partial charge on any atom is 0.229 e. The number of carbonyl (C=O) groups is 1. The third-order valence-corrected chi connectivity index (χ3v) is 3.74. The van der Waals surface area contributed by atoms with Crippen molar-refractivity contribution in [3.05, 3.63) is 30.9 Å². The van der Waals surface area contributed by atoms with E-state index in [1.165, 1.54) is 6.33 Å². The smallest absolute Gasteiger partial charge is 0.229 e. The van der Waals surface area contributed by atoms with Gasteiger partial charge in [0.2, 0.25) is 11.9 Å². The van der Waals surface area contributed by atoms with Crippen molar-refractivity contribution < 1.29 is 9.53 Å². The average Bonchev–Trinajstić information content (AvgIpc) is 3.12. The Morgan fingerprint density at radius 2 is 2.15 bits per heavy atom. The number of carbonyl (C=O) groups excluding carboxylic acids is 1. The number of amides is 1. The fourth-order valence-corrected chi connectivity index (χ4v) is 2.67. The number of aromatic amines is 1. The van der Waals surface area contributed by atoms with Crippen LogP contribution in [-0.4, -0.2) is 38.9 Å². The summed E-state index contributed by atoms with van der Waals surface area (Å²) in [5.41, 5.74) is -0.216. The Hall–Kier alpha value is -2.15. The standard InChI is InChI=1S/C13H17N5O2/c19-11(16-12-14-10-15-17-12)9-13(3-7-20-8-4-13)18-5-1-2-6-18/h1-2,5-6,10H,3-4,7-9H2,(H2,14,15,16,17,19). The van der Waals surface area contributed by atoms with Gasteiger partial charge < -0.3 is 9.30 Å². The molecule has 20 heavy (non-hydrogen) atoms. The number of nitrogens with one attached hydrogen (secondary N) is 2. The summed E-state index contributed by atoms with van der Waals surface area (Å²) in [4.78, 5) is 16.1. The molecular weight excluding hydrogens is 258 g/mol. The molecule has 0 unspecified atom stereocenters. The van der Waals surface area contributed by atoms with E-state index in [2.05, 4.69) is 25.1 Å². The number of H-pyrrole nitrogens is 1. The van der Waals surface area contributed by atoms with Gasteiger partial charge in [0, 0.05) is 25.6 Å². The Bertz CT molecular complexity index is 543. The third kappa shape index (κ3) is 2.57. The number of hydrogen-bond acceptors (Lipinski definition) is 4. The molecule has 0 aliphatic carbocycles. The molecule has 3 rings (SSSR count). The van der Waals surface area contributed by atoms with Gasteiger partial charge >= 0.3 is 0 Å². The van der Waals surface area contributed by atoms with Crippen molar-refractivity contribution in [1.29, 1.82) is 0 Å². The fourth-order valence-electron chi connectivity index (χ4n) is 2.67. The summed E-state index contributed by atoms with van der Waals surface area (Å²) in [6.45, 7) is 1.35. The maximum absolute atomic E-state index is 12.2. The van der Waals surface area contributed by atoms with Crippen molar-refractivity contribution >= 4 is 11.9 Å². The van der Waals surface area contributed by atoms with Gasteiger partial charge in [0.05, 0.1) is 12.0 Å². The zero-order valence-corrected chi connectivity index (χ0v) is 11.1. The summed E-state index contributed by atoms with van der Waals surface area (Å²) < 4.78 is 7.56. The molecule has 0 spiro atoms. The SMILES string of the molecule is O=C(CC1(n2cccc2)CCOCC1)Nc1ncn[nH]1. The Kier molecular flexibility index (Phi) is 3.51. The van der Waals surface area contributed by atoms with Crippen molar-refractivity contribution in [1.82, 2.24) is 19.7 Å². The van der Waals surface area contributed by atoms with E-state index < -0.39 is 0 Å². The van der Waals surface area contributed by atoms with E-state index in [4.69, 9.17) is 4.74 Å².